The van der Waals surface area contributed by atoms with Gasteiger partial charge in [-0.1, -0.05) is 17.7 Å². The number of rotatable bonds is 4. The highest BCUT2D eigenvalue weighted by atomic mass is 35.5. The molecule has 106 valence electrons. The maximum atomic E-state index is 13.3. The van der Waals surface area contributed by atoms with E-state index in [1.165, 1.54) is 12.1 Å². The lowest BCUT2D eigenvalue weighted by molar-refractivity contribution is 0.405. The van der Waals surface area contributed by atoms with Gasteiger partial charge in [0, 0.05) is 16.6 Å². The molecule has 0 amide bonds. The van der Waals surface area contributed by atoms with Crippen LogP contribution in [-0.2, 0) is 6.42 Å². The Balaban J connectivity index is 2.30. The zero-order valence-electron chi connectivity index (χ0n) is 11.5. The molecule has 0 spiro atoms. The highest BCUT2D eigenvalue weighted by Crippen LogP contribution is 2.29. The number of aryl methyl sites for hydroxylation is 1. The Kier molecular flexibility index (Phi) is 4.63. The van der Waals surface area contributed by atoms with Crippen LogP contribution in [-0.4, -0.2) is 7.11 Å². The summed E-state index contributed by atoms with van der Waals surface area (Å²) in [5.74, 6) is 0.437. The molecule has 2 N–H and O–H groups in total. The fraction of sp³-hybridized carbons (Fsp3) is 0.250. The summed E-state index contributed by atoms with van der Waals surface area (Å²) < 4.78 is 18.6. The van der Waals surface area contributed by atoms with E-state index in [1.807, 2.05) is 6.92 Å². The summed E-state index contributed by atoms with van der Waals surface area (Å²) in [6.45, 7) is 1.94. The first kappa shape index (κ1) is 14.8. The third-order valence-electron chi connectivity index (χ3n) is 3.34. The van der Waals surface area contributed by atoms with Gasteiger partial charge in [0.25, 0.3) is 0 Å². The molecule has 0 radical (unpaired) electrons. The summed E-state index contributed by atoms with van der Waals surface area (Å²) in [5.41, 5.74) is 8.96. The Labute approximate surface area is 123 Å². The molecule has 0 saturated heterocycles. The van der Waals surface area contributed by atoms with Crippen LogP contribution in [0.3, 0.4) is 0 Å². The Hall–Kier alpha value is -1.58. The van der Waals surface area contributed by atoms with Crippen LogP contribution in [0.2, 0.25) is 5.02 Å². The molecule has 20 heavy (non-hydrogen) atoms. The van der Waals surface area contributed by atoms with Gasteiger partial charge in [-0.2, -0.15) is 0 Å². The van der Waals surface area contributed by atoms with E-state index in [1.54, 1.807) is 31.4 Å². The Morgan fingerprint density at radius 2 is 2.00 bits per heavy atom. The predicted octanol–water partition coefficient (Wildman–Crippen LogP) is 4.04. The van der Waals surface area contributed by atoms with E-state index in [9.17, 15) is 4.39 Å². The van der Waals surface area contributed by atoms with Gasteiger partial charge in [0.05, 0.1) is 7.11 Å². The van der Waals surface area contributed by atoms with Gasteiger partial charge in [0.15, 0.2) is 0 Å². The third kappa shape index (κ3) is 3.30. The molecule has 4 heteroatoms. The number of methoxy groups -OCH3 is 1. The van der Waals surface area contributed by atoms with Gasteiger partial charge >= 0.3 is 0 Å². The van der Waals surface area contributed by atoms with Gasteiger partial charge in [-0.25, -0.2) is 4.39 Å². The number of hydrogen-bond donors (Lipinski definition) is 1. The van der Waals surface area contributed by atoms with Crippen molar-refractivity contribution in [3.05, 3.63) is 63.9 Å². The summed E-state index contributed by atoms with van der Waals surface area (Å²) in [6.07, 6.45) is 0.528. The normalized spacial score (nSPS) is 12.2. The average molecular weight is 294 g/mol. The SMILES string of the molecule is COc1ccc(Cl)cc1C(N)Cc1cc(F)ccc1C. The number of ether oxygens (including phenoxy) is 1. The molecule has 0 aromatic heterocycles. The van der Waals surface area contributed by atoms with E-state index in [0.717, 1.165) is 16.7 Å². The minimum atomic E-state index is -0.302. The summed E-state index contributed by atoms with van der Waals surface area (Å²) >= 11 is 6.01. The van der Waals surface area contributed by atoms with E-state index in [2.05, 4.69) is 0 Å². The molecular weight excluding hydrogens is 277 g/mol. The molecule has 2 nitrogen and oxygen atoms in total. The van der Waals surface area contributed by atoms with Crippen LogP contribution >= 0.6 is 11.6 Å². The molecule has 2 rings (SSSR count). The van der Waals surface area contributed by atoms with E-state index in [-0.39, 0.29) is 11.9 Å². The molecule has 0 aliphatic carbocycles. The van der Waals surface area contributed by atoms with Crippen LogP contribution in [0.1, 0.15) is 22.7 Å². The van der Waals surface area contributed by atoms with E-state index in [0.29, 0.717) is 17.2 Å². The predicted molar refractivity (Wildman–Crippen MR) is 79.8 cm³/mol. The smallest absolute Gasteiger partial charge is 0.123 e. The second kappa shape index (κ2) is 6.25. The zero-order chi connectivity index (χ0) is 14.7. The van der Waals surface area contributed by atoms with Crippen LogP contribution in [0.25, 0.3) is 0 Å². The van der Waals surface area contributed by atoms with Gasteiger partial charge in [0.2, 0.25) is 0 Å². The molecule has 0 aliphatic heterocycles. The molecular formula is C16H17ClFNO. The van der Waals surface area contributed by atoms with Gasteiger partial charge in [0.1, 0.15) is 11.6 Å². The van der Waals surface area contributed by atoms with Crippen molar-refractivity contribution in [3.8, 4) is 5.75 Å². The molecule has 1 atom stereocenters. The van der Waals surface area contributed by atoms with Crippen LogP contribution in [0, 0.1) is 12.7 Å². The van der Waals surface area contributed by atoms with Gasteiger partial charge < -0.3 is 10.5 Å². The fourth-order valence-corrected chi connectivity index (χ4v) is 2.38. The molecule has 2 aromatic rings. The quantitative estimate of drug-likeness (QED) is 0.923. The topological polar surface area (TPSA) is 35.2 Å². The molecule has 0 bridgehead atoms. The molecule has 2 aromatic carbocycles. The summed E-state index contributed by atoms with van der Waals surface area (Å²) in [4.78, 5) is 0. The monoisotopic (exact) mass is 293 g/mol. The zero-order valence-corrected chi connectivity index (χ0v) is 12.2. The molecule has 0 fully saturated rings. The van der Waals surface area contributed by atoms with Crippen molar-refractivity contribution in [2.45, 2.75) is 19.4 Å². The minimum absolute atomic E-state index is 0.254. The lowest BCUT2D eigenvalue weighted by Crippen LogP contribution is -2.15. The number of halogens is 2. The first-order valence-corrected chi connectivity index (χ1v) is 6.73. The summed E-state index contributed by atoms with van der Waals surface area (Å²) in [7, 11) is 1.59. The maximum Gasteiger partial charge on any atom is 0.123 e. The molecule has 0 heterocycles. The van der Waals surface area contributed by atoms with Gasteiger partial charge in [-0.3, -0.25) is 0 Å². The van der Waals surface area contributed by atoms with Crippen molar-refractivity contribution in [1.29, 1.82) is 0 Å². The fourth-order valence-electron chi connectivity index (χ4n) is 2.20. The van der Waals surface area contributed by atoms with E-state index < -0.39 is 0 Å². The van der Waals surface area contributed by atoms with Crippen LogP contribution in [0.4, 0.5) is 4.39 Å². The third-order valence-corrected chi connectivity index (χ3v) is 3.58. The largest absolute Gasteiger partial charge is 0.496 e. The highest BCUT2D eigenvalue weighted by Gasteiger charge is 2.14. The summed E-state index contributed by atoms with van der Waals surface area (Å²) in [6, 6.07) is 9.76. The van der Waals surface area contributed by atoms with Crippen molar-refractivity contribution in [2.24, 2.45) is 5.73 Å². The van der Waals surface area contributed by atoms with Crippen molar-refractivity contribution in [2.75, 3.05) is 7.11 Å². The van der Waals surface area contributed by atoms with Crippen LogP contribution in [0.15, 0.2) is 36.4 Å². The molecule has 0 aliphatic rings. The Morgan fingerprint density at radius 1 is 1.25 bits per heavy atom. The van der Waals surface area contributed by atoms with E-state index in [4.69, 9.17) is 22.1 Å². The lowest BCUT2D eigenvalue weighted by atomic mass is 9.96. The van der Waals surface area contributed by atoms with Crippen molar-refractivity contribution >= 4 is 11.6 Å². The Bertz CT molecular complexity index is 615. The van der Waals surface area contributed by atoms with Crippen LogP contribution < -0.4 is 10.5 Å². The number of benzene rings is 2. The first-order chi connectivity index (χ1) is 9.51. The standard InChI is InChI=1S/C16H17ClFNO/c1-10-3-5-13(18)7-11(10)8-15(19)14-9-12(17)4-6-16(14)20-2/h3-7,9,15H,8,19H2,1-2H3. The Morgan fingerprint density at radius 3 is 2.70 bits per heavy atom. The van der Waals surface area contributed by atoms with Gasteiger partial charge in [-0.05, 0) is 54.8 Å². The average Bonchev–Trinajstić information content (AvgIpc) is 2.42. The van der Waals surface area contributed by atoms with Crippen molar-refractivity contribution < 1.29 is 9.13 Å². The number of hydrogen-bond acceptors (Lipinski definition) is 2. The second-order valence-electron chi connectivity index (χ2n) is 4.77. The first-order valence-electron chi connectivity index (χ1n) is 6.35. The van der Waals surface area contributed by atoms with E-state index >= 15 is 0 Å². The van der Waals surface area contributed by atoms with Crippen LogP contribution in [0.5, 0.6) is 5.75 Å². The second-order valence-corrected chi connectivity index (χ2v) is 5.20. The molecule has 1 unspecified atom stereocenters. The van der Waals surface area contributed by atoms with Gasteiger partial charge in [-0.15, -0.1) is 0 Å². The molecule has 0 saturated carbocycles. The number of nitrogens with two attached hydrogens (primary N) is 1. The van der Waals surface area contributed by atoms with Crippen molar-refractivity contribution in [3.63, 3.8) is 0 Å². The minimum Gasteiger partial charge on any atom is -0.496 e. The summed E-state index contributed by atoms with van der Waals surface area (Å²) in [5, 5.41) is 0.604. The lowest BCUT2D eigenvalue weighted by Gasteiger charge is -2.17. The van der Waals surface area contributed by atoms with Crippen molar-refractivity contribution in [1.82, 2.24) is 0 Å². The maximum absolute atomic E-state index is 13.3. The highest BCUT2D eigenvalue weighted by molar-refractivity contribution is 6.30.